The van der Waals surface area contributed by atoms with Crippen molar-refractivity contribution in [3.8, 4) is 11.3 Å². The van der Waals surface area contributed by atoms with Crippen LogP contribution < -0.4 is 15.7 Å². The number of morpholine rings is 1. The van der Waals surface area contributed by atoms with E-state index in [0.717, 1.165) is 35.2 Å². The Balaban J connectivity index is 1.55. The summed E-state index contributed by atoms with van der Waals surface area (Å²) in [5, 5.41) is 3.33. The fourth-order valence-electron chi connectivity index (χ4n) is 5.95. The van der Waals surface area contributed by atoms with Crippen LogP contribution in [0.5, 0.6) is 0 Å². The summed E-state index contributed by atoms with van der Waals surface area (Å²) in [7, 11) is 0. The third-order valence-electron chi connectivity index (χ3n) is 7.96. The summed E-state index contributed by atoms with van der Waals surface area (Å²) >= 11 is 6.43. The molecule has 1 amide bonds. The molecule has 3 fully saturated rings. The van der Waals surface area contributed by atoms with Crippen LogP contribution in [0.3, 0.4) is 0 Å². The molecule has 1 aromatic carbocycles. The maximum absolute atomic E-state index is 11.8. The van der Waals surface area contributed by atoms with E-state index in [1.807, 2.05) is 24.3 Å². The van der Waals surface area contributed by atoms with Gasteiger partial charge in [0.2, 0.25) is 5.95 Å². The van der Waals surface area contributed by atoms with Crippen LogP contribution in [0.4, 0.5) is 10.7 Å². The van der Waals surface area contributed by atoms with Crippen LogP contribution in [0.25, 0.3) is 22.4 Å². The molecule has 2 aromatic heterocycles. The smallest absolute Gasteiger partial charge is 0.377 e. The minimum atomic E-state index is -0.681. The van der Waals surface area contributed by atoms with Crippen molar-refractivity contribution in [3.63, 3.8) is 0 Å². The molecule has 1 aliphatic carbocycles. The highest BCUT2D eigenvalue weighted by atomic mass is 35.5. The van der Waals surface area contributed by atoms with Crippen molar-refractivity contribution in [1.82, 2.24) is 30.3 Å². The number of nitrogens with one attached hydrogen (secondary N) is 2. The van der Waals surface area contributed by atoms with E-state index in [9.17, 15) is 4.79 Å². The minimum absolute atomic E-state index is 0.159. The van der Waals surface area contributed by atoms with Gasteiger partial charge in [-0.1, -0.05) is 43.5 Å². The molecule has 2 aliphatic heterocycles. The van der Waals surface area contributed by atoms with Crippen molar-refractivity contribution < 1.29 is 14.4 Å². The number of benzene rings is 1. The molecule has 0 spiro atoms. The number of hydrogen-bond acceptors (Lipinski definition) is 8. The zero-order valence-corrected chi connectivity index (χ0v) is 22.7. The van der Waals surface area contributed by atoms with Crippen LogP contribution in [0, 0.1) is 11.8 Å². The van der Waals surface area contributed by atoms with Crippen molar-refractivity contribution in [2.45, 2.75) is 71.2 Å². The van der Waals surface area contributed by atoms with Gasteiger partial charge in [-0.3, -0.25) is 5.32 Å². The summed E-state index contributed by atoms with van der Waals surface area (Å²) in [6, 6.07) is 7.98. The number of amides is 1. The molecule has 2 N–H and O–H groups in total. The highest BCUT2D eigenvalue weighted by Gasteiger charge is 2.34. The van der Waals surface area contributed by atoms with Gasteiger partial charge in [0.15, 0.2) is 17.6 Å². The second-order valence-corrected chi connectivity index (χ2v) is 11.4. The first-order valence-electron chi connectivity index (χ1n) is 13.5. The molecular weight excluding hydrogens is 506 g/mol. The number of anilines is 1. The number of imidazole rings is 1. The van der Waals surface area contributed by atoms with Crippen molar-refractivity contribution in [2.24, 2.45) is 11.8 Å². The lowest BCUT2D eigenvalue weighted by atomic mass is 9.83. The molecule has 38 heavy (non-hydrogen) atoms. The maximum atomic E-state index is 11.8. The first-order valence-corrected chi connectivity index (χ1v) is 13.9. The zero-order valence-electron chi connectivity index (χ0n) is 22.0. The first-order chi connectivity index (χ1) is 18.4. The van der Waals surface area contributed by atoms with Crippen molar-refractivity contribution in [2.75, 3.05) is 18.1 Å². The standard InChI is InChI=1S/C27H34ClN7O3/c1-15-7-9-18(10-8-15)12-34-22-21(19-5-4-6-20(28)11-19)29-24(25-32-27(36)38-33-25)30-23(22)31-26(34)35-16(2)13-37-14-17(35)3/h4-6,11,15-18,25,33H,7-10,12-14H2,1-3H3,(H,32,36)/t15?,16-,17+,18?,25?. The SMILES string of the molecule is CC1CCC(Cn2c(N3[C@H](C)COC[C@@H]3C)nc3nc(C4NOC(=O)N4)nc(-c4cccc(Cl)c4)c32)CC1. The Morgan fingerprint density at radius 3 is 2.50 bits per heavy atom. The lowest BCUT2D eigenvalue weighted by Gasteiger charge is -2.40. The molecule has 202 valence electrons. The highest BCUT2D eigenvalue weighted by molar-refractivity contribution is 6.30. The van der Waals surface area contributed by atoms with Crippen molar-refractivity contribution >= 4 is 34.8 Å². The Bertz CT molecular complexity index is 1330. The molecule has 1 unspecified atom stereocenters. The molecule has 11 heteroatoms. The van der Waals surface area contributed by atoms with E-state index in [1.165, 1.54) is 25.7 Å². The van der Waals surface area contributed by atoms with Crippen LogP contribution in [0.1, 0.15) is 58.4 Å². The largest absolute Gasteiger partial charge is 0.427 e. The Labute approximate surface area is 227 Å². The third kappa shape index (κ3) is 4.81. The van der Waals surface area contributed by atoms with Gasteiger partial charge in [0.25, 0.3) is 0 Å². The van der Waals surface area contributed by atoms with Crippen LogP contribution in [0.15, 0.2) is 24.3 Å². The van der Waals surface area contributed by atoms with Crippen LogP contribution in [0.2, 0.25) is 5.02 Å². The van der Waals surface area contributed by atoms with E-state index in [2.05, 4.69) is 41.0 Å². The Hall–Kier alpha value is -2.95. The van der Waals surface area contributed by atoms with Gasteiger partial charge in [0, 0.05) is 17.1 Å². The fourth-order valence-corrected chi connectivity index (χ4v) is 6.14. The molecule has 3 aromatic rings. The van der Waals surface area contributed by atoms with Gasteiger partial charge < -0.3 is 19.0 Å². The van der Waals surface area contributed by atoms with Gasteiger partial charge in [-0.15, -0.1) is 5.48 Å². The first kappa shape index (κ1) is 25.3. The van der Waals surface area contributed by atoms with Crippen molar-refractivity contribution in [1.29, 1.82) is 0 Å². The number of hydrogen-bond donors (Lipinski definition) is 2. The van der Waals surface area contributed by atoms with E-state index in [0.29, 0.717) is 35.6 Å². The minimum Gasteiger partial charge on any atom is -0.377 e. The molecule has 3 atom stereocenters. The van der Waals surface area contributed by atoms with E-state index >= 15 is 0 Å². The molecule has 2 saturated heterocycles. The maximum Gasteiger partial charge on any atom is 0.427 e. The van der Waals surface area contributed by atoms with Crippen LogP contribution in [-0.4, -0.2) is 50.9 Å². The molecule has 0 bridgehead atoms. The summed E-state index contributed by atoms with van der Waals surface area (Å²) in [4.78, 5) is 34.0. The quantitative estimate of drug-likeness (QED) is 0.475. The number of nitrogens with zero attached hydrogens (tertiary/aromatic N) is 5. The Kier molecular flexibility index (Phi) is 6.88. The molecular formula is C27H34ClN7O3. The number of fused-ring (bicyclic) bond motifs is 1. The van der Waals surface area contributed by atoms with E-state index in [1.54, 1.807) is 0 Å². The van der Waals surface area contributed by atoms with Gasteiger partial charge in [-0.05, 0) is 50.7 Å². The summed E-state index contributed by atoms with van der Waals surface area (Å²) in [6.07, 6.45) is 3.61. The van der Waals surface area contributed by atoms with E-state index < -0.39 is 12.3 Å². The van der Waals surface area contributed by atoms with Gasteiger partial charge >= 0.3 is 6.09 Å². The third-order valence-corrected chi connectivity index (χ3v) is 8.20. The number of rotatable bonds is 5. The average molecular weight is 540 g/mol. The molecule has 3 aliphatic rings. The second-order valence-electron chi connectivity index (χ2n) is 11.0. The highest BCUT2D eigenvalue weighted by Crippen LogP contribution is 2.37. The zero-order chi connectivity index (χ0) is 26.4. The predicted molar refractivity (Wildman–Crippen MR) is 145 cm³/mol. The van der Waals surface area contributed by atoms with Crippen LogP contribution in [-0.2, 0) is 16.1 Å². The molecule has 4 heterocycles. The lowest BCUT2D eigenvalue weighted by molar-refractivity contribution is 0.0741. The number of aromatic nitrogens is 4. The van der Waals surface area contributed by atoms with Crippen molar-refractivity contribution in [3.05, 3.63) is 35.1 Å². The predicted octanol–water partition coefficient (Wildman–Crippen LogP) is 4.83. The van der Waals surface area contributed by atoms with E-state index in [-0.39, 0.29) is 12.1 Å². The summed E-state index contributed by atoms with van der Waals surface area (Å²) in [5.41, 5.74) is 5.72. The second kappa shape index (κ2) is 10.3. The van der Waals surface area contributed by atoms with Gasteiger partial charge in [-0.2, -0.15) is 4.98 Å². The Morgan fingerprint density at radius 1 is 1.05 bits per heavy atom. The van der Waals surface area contributed by atoms with E-state index in [4.69, 9.17) is 36.1 Å². The monoisotopic (exact) mass is 539 g/mol. The number of halogens is 1. The molecule has 10 nitrogen and oxygen atoms in total. The summed E-state index contributed by atoms with van der Waals surface area (Å²) in [6.45, 7) is 8.81. The number of carbonyl (C=O) groups excluding carboxylic acids is 1. The van der Waals surface area contributed by atoms with Crippen LogP contribution >= 0.6 is 11.6 Å². The number of carbonyl (C=O) groups is 1. The number of hydroxylamine groups is 1. The van der Waals surface area contributed by atoms with Gasteiger partial charge in [-0.25, -0.2) is 14.8 Å². The average Bonchev–Trinajstić information content (AvgIpc) is 3.48. The summed E-state index contributed by atoms with van der Waals surface area (Å²) in [5.74, 6) is 2.58. The number of ether oxygens (including phenoxy) is 1. The molecule has 1 saturated carbocycles. The van der Waals surface area contributed by atoms with Gasteiger partial charge in [0.05, 0.1) is 25.3 Å². The summed E-state index contributed by atoms with van der Waals surface area (Å²) < 4.78 is 8.17. The van der Waals surface area contributed by atoms with Gasteiger partial charge in [0.1, 0.15) is 11.2 Å². The fraction of sp³-hybridized carbons (Fsp3) is 0.556. The normalized spacial score (nSPS) is 27.9. The molecule has 6 rings (SSSR count). The molecule has 0 radical (unpaired) electrons. The lowest BCUT2D eigenvalue weighted by Crippen LogP contribution is -2.51. The topological polar surface area (TPSA) is 106 Å². The Morgan fingerprint density at radius 2 is 1.82 bits per heavy atom.